The van der Waals surface area contributed by atoms with E-state index in [1.807, 2.05) is 0 Å². The van der Waals surface area contributed by atoms with Crippen LogP contribution in [0.25, 0.3) is 0 Å². The number of carbonyl (C=O) groups excluding carboxylic acids is 1. The van der Waals surface area contributed by atoms with Crippen LogP contribution in [0.5, 0.6) is 5.75 Å². The molecule has 1 aromatic rings. The van der Waals surface area contributed by atoms with E-state index < -0.39 is 18.0 Å². The van der Waals surface area contributed by atoms with Crippen molar-refractivity contribution in [2.24, 2.45) is 0 Å². The van der Waals surface area contributed by atoms with Crippen LogP contribution in [0, 0.1) is 5.95 Å². The molecule has 1 N–H and O–H groups in total. The first kappa shape index (κ1) is 15.7. The number of hydrogen-bond donors (Lipinski definition) is 1. The van der Waals surface area contributed by atoms with Crippen molar-refractivity contribution in [3.05, 3.63) is 18.2 Å². The summed E-state index contributed by atoms with van der Waals surface area (Å²) in [6.45, 7) is 2.69. The molecule has 7 heteroatoms. The first-order valence-electron chi connectivity index (χ1n) is 6.83. The van der Waals surface area contributed by atoms with E-state index in [1.165, 1.54) is 19.4 Å². The third kappa shape index (κ3) is 4.37. The van der Waals surface area contributed by atoms with Gasteiger partial charge in [0.15, 0.2) is 0 Å². The predicted octanol–water partition coefficient (Wildman–Crippen LogP) is 1.75. The van der Waals surface area contributed by atoms with Crippen molar-refractivity contribution < 1.29 is 23.4 Å². The fourth-order valence-electron chi connectivity index (χ4n) is 1.97. The molecule has 2 rings (SSSR count). The van der Waals surface area contributed by atoms with Gasteiger partial charge in [-0.3, -0.25) is 4.79 Å². The first-order valence-corrected chi connectivity index (χ1v) is 6.83. The number of halogens is 1. The quantitative estimate of drug-likeness (QED) is 0.810. The molecule has 116 valence electrons. The van der Waals surface area contributed by atoms with Crippen LogP contribution in [-0.4, -0.2) is 43.4 Å². The minimum atomic E-state index is -0.768. The Kier molecular flexibility index (Phi) is 5.46. The zero-order valence-electron chi connectivity index (χ0n) is 12.1. The average molecular weight is 298 g/mol. The summed E-state index contributed by atoms with van der Waals surface area (Å²) in [6.07, 6.45) is 2.51. The van der Waals surface area contributed by atoms with Gasteiger partial charge in [0, 0.05) is 12.7 Å². The monoisotopic (exact) mass is 298 g/mol. The Morgan fingerprint density at radius 3 is 3.14 bits per heavy atom. The SMILES string of the molecule is COc1cnc(F)c(NC(=O)C(C)OCC2CCCO2)c1. The van der Waals surface area contributed by atoms with Crippen molar-refractivity contribution >= 4 is 11.6 Å². The second-order valence-electron chi connectivity index (χ2n) is 4.81. The average Bonchev–Trinajstić information content (AvgIpc) is 3.00. The number of nitrogens with one attached hydrogen (secondary N) is 1. The van der Waals surface area contributed by atoms with Crippen LogP contribution in [0.4, 0.5) is 10.1 Å². The van der Waals surface area contributed by atoms with Gasteiger partial charge in [0.2, 0.25) is 5.95 Å². The number of hydrogen-bond acceptors (Lipinski definition) is 5. The number of amides is 1. The molecule has 2 unspecified atom stereocenters. The highest BCUT2D eigenvalue weighted by atomic mass is 19.1. The molecule has 21 heavy (non-hydrogen) atoms. The summed E-state index contributed by atoms with van der Waals surface area (Å²) >= 11 is 0. The molecule has 0 radical (unpaired) electrons. The van der Waals surface area contributed by atoms with Crippen LogP contribution in [0.1, 0.15) is 19.8 Å². The van der Waals surface area contributed by atoms with Gasteiger partial charge in [-0.1, -0.05) is 0 Å². The summed E-state index contributed by atoms with van der Waals surface area (Å²) in [4.78, 5) is 15.5. The van der Waals surface area contributed by atoms with Gasteiger partial charge in [-0.25, -0.2) is 4.98 Å². The molecule has 0 saturated carbocycles. The highest BCUT2D eigenvalue weighted by Crippen LogP contribution is 2.19. The van der Waals surface area contributed by atoms with E-state index in [2.05, 4.69) is 10.3 Å². The van der Waals surface area contributed by atoms with Crippen molar-refractivity contribution in [3.8, 4) is 5.75 Å². The number of carbonyl (C=O) groups is 1. The molecular formula is C14H19FN2O4. The standard InChI is InChI=1S/C14H19FN2O4/c1-9(21-8-10-4-3-5-20-10)14(18)17-12-6-11(19-2)7-16-13(12)15/h6-7,9-10H,3-5,8H2,1-2H3,(H,17,18). The minimum Gasteiger partial charge on any atom is -0.495 e. The maximum Gasteiger partial charge on any atom is 0.253 e. The van der Waals surface area contributed by atoms with E-state index in [4.69, 9.17) is 14.2 Å². The molecule has 0 spiro atoms. The van der Waals surface area contributed by atoms with E-state index in [0.29, 0.717) is 12.4 Å². The third-order valence-corrected chi connectivity index (χ3v) is 3.23. The number of nitrogens with zero attached hydrogens (tertiary/aromatic N) is 1. The molecule has 1 amide bonds. The van der Waals surface area contributed by atoms with Crippen LogP contribution in [0.15, 0.2) is 12.3 Å². The molecule has 6 nitrogen and oxygen atoms in total. The van der Waals surface area contributed by atoms with E-state index in [-0.39, 0.29) is 11.8 Å². The van der Waals surface area contributed by atoms with Gasteiger partial charge in [0.1, 0.15) is 17.5 Å². The fraction of sp³-hybridized carbons (Fsp3) is 0.571. The predicted molar refractivity (Wildman–Crippen MR) is 73.8 cm³/mol. The van der Waals surface area contributed by atoms with E-state index >= 15 is 0 Å². The number of rotatable bonds is 6. The van der Waals surface area contributed by atoms with Crippen LogP contribution in [-0.2, 0) is 14.3 Å². The Bertz CT molecular complexity index is 492. The normalized spacial score (nSPS) is 19.3. The summed E-state index contributed by atoms with van der Waals surface area (Å²) < 4.78 is 29.3. The number of aromatic nitrogens is 1. The van der Waals surface area contributed by atoms with Gasteiger partial charge in [-0.05, 0) is 19.8 Å². The second-order valence-corrected chi connectivity index (χ2v) is 4.81. The van der Waals surface area contributed by atoms with E-state index in [0.717, 1.165) is 19.4 Å². The molecule has 1 fully saturated rings. The van der Waals surface area contributed by atoms with Crippen molar-refractivity contribution in [3.63, 3.8) is 0 Å². The zero-order chi connectivity index (χ0) is 15.2. The van der Waals surface area contributed by atoms with E-state index in [9.17, 15) is 9.18 Å². The van der Waals surface area contributed by atoms with Crippen LogP contribution >= 0.6 is 0 Å². The lowest BCUT2D eigenvalue weighted by Crippen LogP contribution is -2.31. The Balaban J connectivity index is 1.87. The molecule has 2 atom stereocenters. The van der Waals surface area contributed by atoms with Gasteiger partial charge in [-0.2, -0.15) is 4.39 Å². The van der Waals surface area contributed by atoms with Gasteiger partial charge in [0.05, 0.1) is 26.0 Å². The lowest BCUT2D eigenvalue weighted by Gasteiger charge is -2.16. The Morgan fingerprint density at radius 2 is 2.48 bits per heavy atom. The zero-order valence-corrected chi connectivity index (χ0v) is 12.1. The lowest BCUT2D eigenvalue weighted by molar-refractivity contribution is -0.128. The number of anilines is 1. The topological polar surface area (TPSA) is 69.7 Å². The van der Waals surface area contributed by atoms with Crippen molar-refractivity contribution in [1.82, 2.24) is 4.98 Å². The highest BCUT2D eigenvalue weighted by Gasteiger charge is 2.21. The van der Waals surface area contributed by atoms with Crippen molar-refractivity contribution in [2.45, 2.75) is 32.0 Å². The summed E-state index contributed by atoms with van der Waals surface area (Å²) in [6, 6.07) is 1.37. The summed E-state index contributed by atoms with van der Waals surface area (Å²) in [5, 5.41) is 2.44. The molecule has 1 aromatic heterocycles. The third-order valence-electron chi connectivity index (χ3n) is 3.23. The maximum atomic E-state index is 13.5. The molecule has 2 heterocycles. The Hall–Kier alpha value is -1.73. The summed E-state index contributed by atoms with van der Waals surface area (Å²) in [5.41, 5.74) is -0.0353. The number of methoxy groups -OCH3 is 1. The molecule has 1 aliphatic rings. The number of ether oxygens (including phenoxy) is 3. The smallest absolute Gasteiger partial charge is 0.253 e. The summed E-state index contributed by atoms with van der Waals surface area (Å²) in [5.74, 6) is -0.850. The number of pyridine rings is 1. The Labute approximate surface area is 122 Å². The fourth-order valence-corrected chi connectivity index (χ4v) is 1.97. The van der Waals surface area contributed by atoms with Crippen LogP contribution in [0.3, 0.4) is 0 Å². The summed E-state index contributed by atoms with van der Waals surface area (Å²) in [7, 11) is 1.44. The molecule has 1 aliphatic heterocycles. The molecular weight excluding hydrogens is 279 g/mol. The minimum absolute atomic E-state index is 0.0353. The Morgan fingerprint density at radius 1 is 1.67 bits per heavy atom. The van der Waals surface area contributed by atoms with Crippen molar-refractivity contribution in [2.75, 3.05) is 25.6 Å². The van der Waals surface area contributed by atoms with Crippen molar-refractivity contribution in [1.29, 1.82) is 0 Å². The van der Waals surface area contributed by atoms with Gasteiger partial charge in [-0.15, -0.1) is 0 Å². The highest BCUT2D eigenvalue weighted by molar-refractivity contribution is 5.94. The molecule has 0 bridgehead atoms. The van der Waals surface area contributed by atoms with Gasteiger partial charge < -0.3 is 19.5 Å². The van der Waals surface area contributed by atoms with E-state index in [1.54, 1.807) is 6.92 Å². The molecule has 0 aromatic carbocycles. The van der Waals surface area contributed by atoms with Crippen LogP contribution in [0.2, 0.25) is 0 Å². The van der Waals surface area contributed by atoms with Gasteiger partial charge >= 0.3 is 0 Å². The largest absolute Gasteiger partial charge is 0.495 e. The molecule has 0 aliphatic carbocycles. The van der Waals surface area contributed by atoms with Crippen LogP contribution < -0.4 is 10.1 Å². The maximum absolute atomic E-state index is 13.5. The molecule has 1 saturated heterocycles. The lowest BCUT2D eigenvalue weighted by atomic mass is 10.2. The van der Waals surface area contributed by atoms with Gasteiger partial charge in [0.25, 0.3) is 5.91 Å². The first-order chi connectivity index (χ1) is 10.1. The second kappa shape index (κ2) is 7.33.